The third kappa shape index (κ3) is 5.41. The van der Waals surface area contributed by atoms with Crippen molar-refractivity contribution >= 4 is 11.4 Å². The summed E-state index contributed by atoms with van der Waals surface area (Å²) in [5.41, 5.74) is 6.32. The third-order valence-electron chi connectivity index (χ3n) is 2.76. The second kappa shape index (κ2) is 10.3. The molecule has 104 valence electrons. The molecule has 0 N–H and O–H groups in total. The van der Waals surface area contributed by atoms with E-state index in [2.05, 4.69) is 17.5 Å². The molecule has 2 aromatic rings. The Morgan fingerprint density at radius 3 is 2.18 bits per heavy atom. The van der Waals surface area contributed by atoms with Crippen LogP contribution in [0.3, 0.4) is 0 Å². The van der Waals surface area contributed by atoms with Gasteiger partial charge in [-0.2, -0.15) is 0 Å². The first kappa shape index (κ1) is 20.6. The van der Waals surface area contributed by atoms with E-state index < -0.39 is 0 Å². The fraction of sp³-hybridized carbons (Fsp3) is 0.125. The maximum Gasteiger partial charge on any atom is 1.00 e. The molecule has 0 saturated carbocycles. The zero-order valence-electron chi connectivity index (χ0n) is 13.5. The van der Waals surface area contributed by atoms with E-state index in [0.717, 1.165) is 11.3 Å². The molecule has 0 bridgehead atoms. The van der Waals surface area contributed by atoms with Gasteiger partial charge in [-0.25, -0.2) is 6.92 Å². The van der Waals surface area contributed by atoms with Crippen molar-refractivity contribution in [3.8, 4) is 11.5 Å². The molecule has 0 atom stereocenters. The Bertz CT molecular complexity index is 604. The van der Waals surface area contributed by atoms with E-state index in [0.29, 0.717) is 17.2 Å². The van der Waals surface area contributed by atoms with Gasteiger partial charge >= 0.3 is 37.7 Å². The Hall–Kier alpha value is -1.43. The summed E-state index contributed by atoms with van der Waals surface area (Å²) in [5, 5.41) is 4.13. The molecular weight excluding hydrogens is 266 g/mol. The average molecular weight is 282 g/mol. The number of methoxy groups -OCH3 is 2. The Kier molecular flexibility index (Phi) is 9.66. The van der Waals surface area contributed by atoms with E-state index in [-0.39, 0.29) is 37.7 Å². The standard InChI is InChI=1S/C16H16N2O2.2Li/c1-12(17-18-14-7-5-4-6-8-14)13-9-10-15(19-2)16(11-13)20-3;;/h4-11H,1H2,2-3H3;;/q-2;2*+1/b17-12+;;. The van der Waals surface area contributed by atoms with Gasteiger partial charge in [-0.15, -0.1) is 23.0 Å². The maximum atomic E-state index is 5.25. The Labute approximate surface area is 155 Å². The molecule has 0 aliphatic heterocycles. The van der Waals surface area contributed by atoms with Crippen molar-refractivity contribution in [2.75, 3.05) is 14.2 Å². The van der Waals surface area contributed by atoms with Crippen LogP contribution in [0.5, 0.6) is 11.5 Å². The van der Waals surface area contributed by atoms with Crippen molar-refractivity contribution in [2.45, 2.75) is 0 Å². The molecular formula is C16H16Li2N2O2. The molecule has 0 aliphatic carbocycles. The quantitative estimate of drug-likeness (QED) is 0.274. The Morgan fingerprint density at radius 2 is 1.59 bits per heavy atom. The zero-order valence-corrected chi connectivity index (χ0v) is 13.5. The number of ether oxygens (including phenoxy) is 2. The predicted molar refractivity (Wildman–Crippen MR) is 80.9 cm³/mol. The zero-order chi connectivity index (χ0) is 14.4. The van der Waals surface area contributed by atoms with Gasteiger partial charge in [0, 0.05) is 0 Å². The van der Waals surface area contributed by atoms with Crippen LogP contribution in [0.1, 0.15) is 5.56 Å². The number of benzene rings is 2. The minimum absolute atomic E-state index is 0. The van der Waals surface area contributed by atoms with E-state index in [1.807, 2.05) is 48.5 Å². The van der Waals surface area contributed by atoms with Gasteiger partial charge in [0.05, 0.1) is 14.2 Å². The van der Waals surface area contributed by atoms with E-state index in [1.165, 1.54) is 0 Å². The monoisotopic (exact) mass is 282 g/mol. The van der Waals surface area contributed by atoms with Gasteiger partial charge in [0.25, 0.3) is 0 Å². The van der Waals surface area contributed by atoms with E-state index in [1.54, 1.807) is 14.2 Å². The summed E-state index contributed by atoms with van der Waals surface area (Å²) in [4.78, 5) is 0. The van der Waals surface area contributed by atoms with Crippen LogP contribution in [0.15, 0.2) is 53.6 Å². The molecule has 0 heterocycles. The van der Waals surface area contributed by atoms with Crippen LogP contribution < -0.4 is 47.2 Å². The molecule has 0 aliphatic rings. The second-order valence-electron chi connectivity index (χ2n) is 4.05. The van der Waals surface area contributed by atoms with Crippen molar-refractivity contribution in [1.82, 2.24) is 0 Å². The van der Waals surface area contributed by atoms with Crippen molar-refractivity contribution in [2.24, 2.45) is 5.10 Å². The Morgan fingerprint density at radius 1 is 0.955 bits per heavy atom. The largest absolute Gasteiger partial charge is 1.00 e. The number of hydrogen-bond donors (Lipinski definition) is 0. The molecule has 0 saturated heterocycles. The molecule has 0 radical (unpaired) electrons. The third-order valence-corrected chi connectivity index (χ3v) is 2.76. The molecule has 0 amide bonds. The summed E-state index contributed by atoms with van der Waals surface area (Å²) in [6.45, 7) is 3.91. The smallest absolute Gasteiger partial charge is 0.578 e. The van der Waals surface area contributed by atoms with Crippen LogP contribution in [-0.4, -0.2) is 19.9 Å². The topological polar surface area (TPSA) is 44.9 Å². The molecule has 0 fully saturated rings. The molecule has 2 rings (SSSR count). The molecule has 4 nitrogen and oxygen atoms in total. The fourth-order valence-electron chi connectivity index (χ4n) is 1.69. The minimum Gasteiger partial charge on any atom is -0.578 e. The summed E-state index contributed by atoms with van der Waals surface area (Å²) in [6, 6.07) is 15.0. The van der Waals surface area contributed by atoms with Crippen LogP contribution in [0, 0.1) is 6.92 Å². The SMILES string of the molecule is [CH2-]/C(=N\[N-]c1ccccc1)c1ccc(OC)c(OC)c1.[Li+].[Li+]. The van der Waals surface area contributed by atoms with Crippen LogP contribution in [-0.2, 0) is 0 Å². The van der Waals surface area contributed by atoms with Crippen LogP contribution in [0.2, 0.25) is 0 Å². The van der Waals surface area contributed by atoms with Crippen molar-refractivity contribution in [1.29, 1.82) is 0 Å². The predicted octanol–water partition coefficient (Wildman–Crippen LogP) is -2.04. The Balaban J connectivity index is 0.00000220. The van der Waals surface area contributed by atoms with Crippen LogP contribution >= 0.6 is 0 Å². The molecule has 6 heteroatoms. The van der Waals surface area contributed by atoms with Gasteiger partial charge in [-0.1, -0.05) is 36.4 Å². The molecule has 0 unspecified atom stereocenters. The average Bonchev–Trinajstić information content (AvgIpc) is 2.52. The van der Waals surface area contributed by atoms with Crippen molar-refractivity contribution < 1.29 is 47.2 Å². The number of hydrogen-bond acceptors (Lipinski definition) is 3. The fourth-order valence-corrected chi connectivity index (χ4v) is 1.69. The molecule has 22 heavy (non-hydrogen) atoms. The van der Waals surface area contributed by atoms with E-state index >= 15 is 0 Å². The van der Waals surface area contributed by atoms with Gasteiger partial charge in [0.1, 0.15) is 5.75 Å². The van der Waals surface area contributed by atoms with E-state index in [9.17, 15) is 0 Å². The van der Waals surface area contributed by atoms with Gasteiger partial charge in [0.2, 0.25) is 0 Å². The van der Waals surface area contributed by atoms with E-state index in [4.69, 9.17) is 9.47 Å². The molecule has 0 aromatic heterocycles. The van der Waals surface area contributed by atoms with Gasteiger partial charge < -0.3 is 20.0 Å². The van der Waals surface area contributed by atoms with Gasteiger partial charge in [-0.05, 0) is 6.07 Å². The van der Waals surface area contributed by atoms with Gasteiger partial charge in [-0.3, -0.25) is 0 Å². The summed E-state index contributed by atoms with van der Waals surface area (Å²) < 4.78 is 10.4. The first-order valence-electron chi connectivity index (χ1n) is 6.12. The number of rotatable bonds is 5. The molecule has 0 spiro atoms. The molecule has 2 aromatic carbocycles. The summed E-state index contributed by atoms with van der Waals surface area (Å²) in [6.07, 6.45) is 0. The van der Waals surface area contributed by atoms with Crippen molar-refractivity contribution in [3.05, 3.63) is 66.4 Å². The first-order chi connectivity index (χ1) is 9.74. The summed E-state index contributed by atoms with van der Waals surface area (Å²) in [5.74, 6) is 1.31. The minimum atomic E-state index is 0. The summed E-state index contributed by atoms with van der Waals surface area (Å²) >= 11 is 0. The summed E-state index contributed by atoms with van der Waals surface area (Å²) in [7, 11) is 3.19. The number of nitrogens with zero attached hydrogens (tertiary/aromatic N) is 2. The first-order valence-corrected chi connectivity index (χ1v) is 6.12. The van der Waals surface area contributed by atoms with Crippen LogP contribution in [0.4, 0.5) is 5.69 Å². The maximum absolute atomic E-state index is 5.25. The van der Waals surface area contributed by atoms with Crippen LogP contribution in [0.25, 0.3) is 5.43 Å². The normalized spacial score (nSPS) is 10.0. The van der Waals surface area contributed by atoms with Gasteiger partial charge in [0.15, 0.2) is 5.75 Å². The van der Waals surface area contributed by atoms with Crippen molar-refractivity contribution in [3.63, 3.8) is 0 Å². The second-order valence-corrected chi connectivity index (χ2v) is 4.05.